The fraction of sp³-hybridized carbons (Fsp3) is 0. The molecule has 1 aliphatic carbocycles. The molecule has 0 aliphatic heterocycles. The molecule has 112 valence electrons. The number of benzene rings is 2. The van der Waals surface area contributed by atoms with Crippen LogP contribution in [0.25, 0.3) is 10.9 Å². The Morgan fingerprint density at radius 2 is 1.37 bits per heavy atom. The summed E-state index contributed by atoms with van der Waals surface area (Å²) in [6.07, 6.45) is 4.49. The van der Waals surface area contributed by atoms with Crippen molar-refractivity contribution in [1.82, 2.24) is 4.98 Å². The van der Waals surface area contributed by atoms with Crippen molar-refractivity contribution in [3.8, 4) is 0 Å². The van der Waals surface area contributed by atoms with Gasteiger partial charge in [0.05, 0.1) is 0 Å². The Morgan fingerprint density at radius 3 is 2.16 bits per heavy atom. The van der Waals surface area contributed by atoms with Gasteiger partial charge in [-0.05, 0) is 11.6 Å². The monoisotopic (exact) mass is 741 g/mol. The fourth-order valence-electron chi connectivity index (χ4n) is 2.54. The number of aromatic nitrogens is 1. The molecule has 0 atom stereocenters. The zero-order valence-electron chi connectivity index (χ0n) is 9.79. The maximum absolute atomic E-state index is 3.47. The third-order valence-corrected chi connectivity index (χ3v) is 3.37. The van der Waals surface area contributed by atoms with E-state index in [0.717, 1.165) is 0 Å². The molecule has 0 spiro atoms. The standard InChI is InChI=1S/C16H11N.2Lr/c1-2-6-12-10-16-14(9-11(12)5-1)13-7-3-4-8-15(13)17-16;;/h1-10,17H;;/q-2;;. The maximum atomic E-state index is 3.47. The minimum Gasteiger partial charge on any atom is -0.411 e. The summed E-state index contributed by atoms with van der Waals surface area (Å²) in [5.41, 5.74) is 6.30. The summed E-state index contributed by atoms with van der Waals surface area (Å²) < 4.78 is 0. The molecule has 4 rings (SSSR count). The molecule has 0 saturated carbocycles. The Balaban J connectivity index is 0.000000667. The molecule has 0 bridgehead atoms. The van der Waals surface area contributed by atoms with Crippen LogP contribution in [0.4, 0.5) is 0 Å². The molecule has 3 heteroatoms. The van der Waals surface area contributed by atoms with Gasteiger partial charge in [0.1, 0.15) is 0 Å². The molecule has 2 aromatic carbocycles. The second-order valence-electron chi connectivity index (χ2n) is 4.42. The molecule has 3 aromatic rings. The van der Waals surface area contributed by atoms with Crippen LogP contribution in [0.15, 0.2) is 48.5 Å². The third kappa shape index (κ3) is 1.32. The number of fused-ring (bicyclic) bond motifs is 4. The number of hydrogen-bond donors (Lipinski definition) is 1. The van der Waals surface area contributed by atoms with E-state index < -0.39 is 0 Å². The Bertz CT molecular complexity index is 716. The summed E-state index contributed by atoms with van der Waals surface area (Å²) in [6.45, 7) is 0. The van der Waals surface area contributed by atoms with Crippen LogP contribution in [0.3, 0.4) is 0 Å². The topological polar surface area (TPSA) is 15.8 Å². The number of hydrogen-bond acceptors (Lipinski definition) is 0. The molecule has 1 heterocycles. The molecule has 2 radical (unpaired) electrons. The smallest absolute Gasteiger partial charge is 0 e. The number of H-pyrrole nitrogens is 1. The molecule has 0 amide bonds. The van der Waals surface area contributed by atoms with Gasteiger partial charge >= 0.3 is 0 Å². The third-order valence-electron chi connectivity index (χ3n) is 3.37. The van der Waals surface area contributed by atoms with Gasteiger partial charge in [0.2, 0.25) is 0 Å². The largest absolute Gasteiger partial charge is 0.411 e. The van der Waals surface area contributed by atoms with Crippen molar-refractivity contribution in [2.45, 2.75) is 0 Å². The second-order valence-corrected chi connectivity index (χ2v) is 4.42. The van der Waals surface area contributed by atoms with Crippen LogP contribution in [0.5, 0.6) is 0 Å². The van der Waals surface area contributed by atoms with Gasteiger partial charge in [-0.2, -0.15) is 24.1 Å². The average molecular weight is 741 g/mol. The molecule has 0 saturated heterocycles. The summed E-state index contributed by atoms with van der Waals surface area (Å²) in [5.74, 6) is 0. The van der Waals surface area contributed by atoms with E-state index >= 15 is 0 Å². The molecule has 1 N–H and O–H groups in total. The zero-order valence-corrected chi connectivity index (χ0v) is 14.1. The number of nitrogens with one attached hydrogen (secondary N) is 1. The first-order valence-corrected chi connectivity index (χ1v) is 5.81. The minimum absolute atomic E-state index is 0. The van der Waals surface area contributed by atoms with Gasteiger partial charge in [-0.15, -0.1) is 23.2 Å². The van der Waals surface area contributed by atoms with Crippen molar-refractivity contribution in [2.75, 3.05) is 0 Å². The minimum atomic E-state index is 0. The van der Waals surface area contributed by atoms with E-state index in [1.54, 1.807) is 0 Å². The van der Waals surface area contributed by atoms with E-state index in [2.05, 4.69) is 66.4 Å². The first-order chi connectivity index (χ1) is 8.42. The quantitative estimate of drug-likeness (QED) is 0.265. The van der Waals surface area contributed by atoms with Gasteiger partial charge < -0.3 is 4.98 Å². The van der Waals surface area contributed by atoms with E-state index in [9.17, 15) is 0 Å². The predicted molar refractivity (Wildman–Crippen MR) is 69.7 cm³/mol. The average Bonchev–Trinajstić information content (AvgIpc) is 2.73. The maximum Gasteiger partial charge on any atom is 0 e. The van der Waals surface area contributed by atoms with Gasteiger partial charge in [0, 0.05) is 0 Å². The van der Waals surface area contributed by atoms with E-state index in [-0.39, 0.29) is 0 Å². The van der Waals surface area contributed by atoms with Crippen LogP contribution in [-0.4, -0.2) is 4.98 Å². The van der Waals surface area contributed by atoms with Crippen molar-refractivity contribution in [1.29, 1.82) is 0 Å². The molecule has 19 heavy (non-hydrogen) atoms. The van der Waals surface area contributed by atoms with E-state index in [4.69, 9.17) is 0 Å². The molecule has 1 nitrogen and oxygen atoms in total. The van der Waals surface area contributed by atoms with Crippen LogP contribution in [0, 0.1) is 12.8 Å². The second kappa shape index (κ2) is 3.63. The SMILES string of the molecule is [Lr].[Lr].c1ccc2c(c1)[CH-]c1[nH]c3ccccc3c1[CH-]2. The van der Waals surface area contributed by atoms with Gasteiger partial charge in [-0.1, -0.05) is 18.2 Å². The van der Waals surface area contributed by atoms with Gasteiger partial charge in [0.15, 0.2) is 0 Å². The van der Waals surface area contributed by atoms with Gasteiger partial charge in [0.25, 0.3) is 0 Å². The number of rotatable bonds is 0. The summed E-state index contributed by atoms with van der Waals surface area (Å²) in [4.78, 5) is 3.47. The molecule has 0 fully saturated rings. The molecule has 1 aromatic heterocycles. The van der Waals surface area contributed by atoms with Crippen molar-refractivity contribution in [3.63, 3.8) is 0 Å². The summed E-state index contributed by atoms with van der Waals surface area (Å²) >= 11 is 0. The number of para-hydroxylation sites is 1. The molecule has 0 unspecified atom stereocenters. The van der Waals surface area contributed by atoms with E-state index in [1.807, 2.05) is 0 Å². The predicted octanol–water partition coefficient (Wildman–Crippen LogP) is 3.68. The van der Waals surface area contributed by atoms with Crippen LogP contribution >= 0.6 is 0 Å². The molecule has 1 aliphatic rings. The Morgan fingerprint density at radius 1 is 0.737 bits per heavy atom. The number of aromatic amines is 1. The first-order valence-electron chi connectivity index (χ1n) is 5.81. The molecular formula is C16H11Lr2N-2. The Hall–Kier alpha value is -4.28. The summed E-state index contributed by atoms with van der Waals surface area (Å²) in [6, 6.07) is 16.9. The molecular weight excluding hydrogens is 730 g/mol. The van der Waals surface area contributed by atoms with Crippen LogP contribution in [0.1, 0.15) is 22.4 Å². The van der Waals surface area contributed by atoms with Gasteiger partial charge in [-0.3, -0.25) is 0 Å². The van der Waals surface area contributed by atoms with Crippen molar-refractivity contribution in [3.05, 3.63) is 83.8 Å². The van der Waals surface area contributed by atoms with E-state index in [0.29, 0.717) is 0 Å². The zero-order chi connectivity index (χ0) is 11.2. The van der Waals surface area contributed by atoms with Crippen LogP contribution < -0.4 is 0 Å². The van der Waals surface area contributed by atoms with Crippen molar-refractivity contribution < 1.29 is 0 Å². The normalized spacial score (nSPS) is 11.2. The van der Waals surface area contributed by atoms with Crippen LogP contribution in [0.2, 0.25) is 0 Å². The van der Waals surface area contributed by atoms with Crippen molar-refractivity contribution in [2.24, 2.45) is 0 Å². The fourth-order valence-corrected chi connectivity index (χ4v) is 2.54. The Labute approximate surface area is 100 Å². The van der Waals surface area contributed by atoms with Crippen LogP contribution in [-0.2, 0) is 0 Å². The van der Waals surface area contributed by atoms with Crippen molar-refractivity contribution >= 4 is 10.9 Å². The van der Waals surface area contributed by atoms with E-state index in [1.165, 1.54) is 33.3 Å². The first kappa shape index (κ1) is 11.2. The summed E-state index contributed by atoms with van der Waals surface area (Å²) in [7, 11) is 0. The summed E-state index contributed by atoms with van der Waals surface area (Å²) in [5, 5.41) is 1.30. The van der Waals surface area contributed by atoms with Gasteiger partial charge in [-0.25, -0.2) is 17.5 Å². The Kier molecular flexibility index (Phi) is 2.14.